The van der Waals surface area contributed by atoms with Crippen molar-refractivity contribution in [2.45, 2.75) is 12.5 Å². The van der Waals surface area contributed by atoms with Crippen LogP contribution in [0.15, 0.2) is 28.8 Å². The number of nitrogens with zero attached hydrogens (tertiary/aromatic N) is 2. The van der Waals surface area contributed by atoms with Gasteiger partial charge in [0.05, 0.1) is 6.04 Å². The maximum atomic E-state index is 9.15. The highest BCUT2D eigenvalue weighted by atomic mass is 16.5. The van der Waals surface area contributed by atoms with Crippen molar-refractivity contribution in [3.8, 4) is 17.1 Å². The van der Waals surface area contributed by atoms with Gasteiger partial charge >= 0.3 is 0 Å². The summed E-state index contributed by atoms with van der Waals surface area (Å²) in [5, 5.41) is 21.7. The van der Waals surface area contributed by atoms with Crippen molar-refractivity contribution >= 4 is 0 Å². The van der Waals surface area contributed by atoms with E-state index in [1.807, 2.05) is 0 Å². The lowest BCUT2D eigenvalue weighted by molar-refractivity contribution is 0.259. The Morgan fingerprint density at radius 2 is 2.00 bits per heavy atom. The molecule has 0 aliphatic heterocycles. The smallest absolute Gasteiger partial charge is 0.243 e. The summed E-state index contributed by atoms with van der Waals surface area (Å²) in [6.45, 7) is -0.0297. The summed E-state index contributed by atoms with van der Waals surface area (Å²) in [5.41, 5.74) is 6.46. The van der Waals surface area contributed by atoms with Gasteiger partial charge in [-0.25, -0.2) is 0 Å². The third kappa shape index (κ3) is 2.61. The molecule has 0 amide bonds. The normalized spacial score (nSPS) is 12.6. The molecular formula is C11H13N3O3. The Hall–Kier alpha value is -1.92. The van der Waals surface area contributed by atoms with Crippen LogP contribution >= 0.6 is 0 Å². The molecule has 0 aliphatic rings. The van der Waals surface area contributed by atoms with Crippen molar-refractivity contribution in [1.29, 1.82) is 0 Å². The highest BCUT2D eigenvalue weighted by Gasteiger charge is 2.14. The molecule has 0 saturated heterocycles. The molecule has 6 heteroatoms. The molecule has 1 unspecified atom stereocenters. The molecular weight excluding hydrogens is 222 g/mol. The predicted molar refractivity (Wildman–Crippen MR) is 60.0 cm³/mol. The zero-order chi connectivity index (χ0) is 12.3. The van der Waals surface area contributed by atoms with Gasteiger partial charge in [-0.05, 0) is 30.7 Å². The third-order valence-electron chi connectivity index (χ3n) is 2.32. The lowest BCUT2D eigenvalue weighted by Crippen LogP contribution is -2.12. The molecule has 4 N–H and O–H groups in total. The minimum Gasteiger partial charge on any atom is -0.508 e. The van der Waals surface area contributed by atoms with Crippen molar-refractivity contribution < 1.29 is 14.7 Å². The number of aliphatic hydroxyl groups is 1. The number of phenols is 1. The molecule has 0 radical (unpaired) electrons. The number of hydrogen-bond acceptors (Lipinski definition) is 6. The summed E-state index contributed by atoms with van der Waals surface area (Å²) < 4.78 is 5.00. The Kier molecular flexibility index (Phi) is 3.36. The average molecular weight is 235 g/mol. The van der Waals surface area contributed by atoms with Crippen LogP contribution in [0.1, 0.15) is 18.4 Å². The second-order valence-corrected chi connectivity index (χ2v) is 3.62. The third-order valence-corrected chi connectivity index (χ3v) is 2.32. The summed E-state index contributed by atoms with van der Waals surface area (Å²) in [4.78, 5) is 4.13. The first-order valence-electron chi connectivity index (χ1n) is 5.20. The van der Waals surface area contributed by atoms with Gasteiger partial charge in [0.1, 0.15) is 5.75 Å². The van der Waals surface area contributed by atoms with Gasteiger partial charge in [-0.1, -0.05) is 5.16 Å². The van der Waals surface area contributed by atoms with Gasteiger partial charge in [0.15, 0.2) is 0 Å². The van der Waals surface area contributed by atoms with Crippen molar-refractivity contribution in [1.82, 2.24) is 10.1 Å². The van der Waals surface area contributed by atoms with Gasteiger partial charge in [0.2, 0.25) is 11.7 Å². The van der Waals surface area contributed by atoms with E-state index in [1.165, 1.54) is 0 Å². The first kappa shape index (κ1) is 11.6. The van der Waals surface area contributed by atoms with E-state index < -0.39 is 6.04 Å². The lowest BCUT2D eigenvalue weighted by atomic mass is 10.2. The van der Waals surface area contributed by atoms with E-state index in [4.69, 9.17) is 20.5 Å². The number of rotatable bonds is 4. The van der Waals surface area contributed by atoms with Gasteiger partial charge in [-0.2, -0.15) is 4.98 Å². The van der Waals surface area contributed by atoms with Crippen LogP contribution in [-0.2, 0) is 0 Å². The summed E-state index contributed by atoms with van der Waals surface area (Å²) in [7, 11) is 0. The zero-order valence-corrected chi connectivity index (χ0v) is 9.08. The van der Waals surface area contributed by atoms with Crippen LogP contribution < -0.4 is 5.73 Å². The van der Waals surface area contributed by atoms with Crippen LogP contribution in [0.3, 0.4) is 0 Å². The Balaban J connectivity index is 2.20. The van der Waals surface area contributed by atoms with E-state index in [-0.39, 0.29) is 12.4 Å². The van der Waals surface area contributed by atoms with Crippen molar-refractivity contribution in [2.24, 2.45) is 5.73 Å². The second-order valence-electron chi connectivity index (χ2n) is 3.62. The minimum absolute atomic E-state index is 0.0297. The topological polar surface area (TPSA) is 105 Å². The van der Waals surface area contributed by atoms with Crippen molar-refractivity contribution in [3.63, 3.8) is 0 Å². The fourth-order valence-electron chi connectivity index (χ4n) is 1.38. The number of aliphatic hydroxyl groups excluding tert-OH is 1. The number of aromatic hydroxyl groups is 1. The minimum atomic E-state index is -0.460. The van der Waals surface area contributed by atoms with Crippen LogP contribution in [0.4, 0.5) is 0 Å². The van der Waals surface area contributed by atoms with E-state index >= 15 is 0 Å². The largest absolute Gasteiger partial charge is 0.508 e. The van der Waals surface area contributed by atoms with E-state index in [0.717, 1.165) is 5.56 Å². The number of phenolic OH excluding ortho intramolecular Hbond substituents is 1. The fourth-order valence-corrected chi connectivity index (χ4v) is 1.38. The molecule has 0 fully saturated rings. The SMILES string of the molecule is NC(CCO)c1nc(-c2ccc(O)cc2)no1. The van der Waals surface area contributed by atoms with E-state index in [9.17, 15) is 0 Å². The highest BCUT2D eigenvalue weighted by Crippen LogP contribution is 2.21. The summed E-state index contributed by atoms with van der Waals surface area (Å²) in [6.07, 6.45) is 0.372. The van der Waals surface area contributed by atoms with E-state index in [1.54, 1.807) is 24.3 Å². The lowest BCUT2D eigenvalue weighted by Gasteiger charge is -2.01. The van der Waals surface area contributed by atoms with E-state index in [2.05, 4.69) is 10.1 Å². The molecule has 17 heavy (non-hydrogen) atoms. The predicted octanol–water partition coefficient (Wildman–Crippen LogP) is 0.824. The highest BCUT2D eigenvalue weighted by molar-refractivity contribution is 5.55. The summed E-state index contributed by atoms with van der Waals surface area (Å²) >= 11 is 0. The van der Waals surface area contributed by atoms with Gasteiger partial charge < -0.3 is 20.5 Å². The summed E-state index contributed by atoms with van der Waals surface area (Å²) in [5.74, 6) is 0.880. The van der Waals surface area contributed by atoms with Crippen LogP contribution in [0.2, 0.25) is 0 Å². The molecule has 6 nitrogen and oxygen atoms in total. The molecule has 0 saturated carbocycles. The Morgan fingerprint density at radius 1 is 1.29 bits per heavy atom. The van der Waals surface area contributed by atoms with E-state index in [0.29, 0.717) is 18.1 Å². The summed E-state index contributed by atoms with van der Waals surface area (Å²) in [6, 6.07) is 5.99. The average Bonchev–Trinajstić information content (AvgIpc) is 2.80. The first-order chi connectivity index (χ1) is 8.20. The second kappa shape index (κ2) is 4.94. The monoisotopic (exact) mass is 235 g/mol. The number of nitrogens with two attached hydrogens (primary N) is 1. The zero-order valence-electron chi connectivity index (χ0n) is 9.08. The van der Waals surface area contributed by atoms with Crippen LogP contribution in [0, 0.1) is 0 Å². The molecule has 1 heterocycles. The van der Waals surface area contributed by atoms with Crippen LogP contribution in [0.25, 0.3) is 11.4 Å². The molecule has 0 aliphatic carbocycles. The standard InChI is InChI=1S/C11H13N3O3/c12-9(5-6-15)11-13-10(14-17-11)7-1-3-8(16)4-2-7/h1-4,9,15-16H,5-6,12H2. The van der Waals surface area contributed by atoms with Gasteiger partial charge in [-0.3, -0.25) is 0 Å². The van der Waals surface area contributed by atoms with Crippen LogP contribution in [-0.4, -0.2) is 27.0 Å². The molecule has 1 aromatic heterocycles. The number of aromatic nitrogens is 2. The number of benzene rings is 1. The number of hydrogen-bond donors (Lipinski definition) is 3. The molecule has 2 rings (SSSR count). The van der Waals surface area contributed by atoms with Crippen LogP contribution in [0.5, 0.6) is 5.75 Å². The molecule has 1 aromatic carbocycles. The van der Waals surface area contributed by atoms with Crippen molar-refractivity contribution in [2.75, 3.05) is 6.61 Å². The molecule has 1 atom stereocenters. The Bertz CT molecular complexity index is 481. The molecule has 2 aromatic rings. The Labute approximate surface area is 97.7 Å². The quantitative estimate of drug-likeness (QED) is 0.724. The van der Waals surface area contributed by atoms with Gasteiger partial charge in [0.25, 0.3) is 0 Å². The van der Waals surface area contributed by atoms with Gasteiger partial charge in [-0.15, -0.1) is 0 Å². The maximum absolute atomic E-state index is 9.15. The Morgan fingerprint density at radius 3 is 2.65 bits per heavy atom. The van der Waals surface area contributed by atoms with Gasteiger partial charge in [0, 0.05) is 12.2 Å². The first-order valence-corrected chi connectivity index (χ1v) is 5.20. The maximum Gasteiger partial charge on any atom is 0.243 e. The fraction of sp³-hybridized carbons (Fsp3) is 0.273. The molecule has 0 spiro atoms. The van der Waals surface area contributed by atoms with Crippen molar-refractivity contribution in [3.05, 3.63) is 30.2 Å². The molecule has 0 bridgehead atoms. The molecule has 90 valence electrons.